The molecule has 0 bridgehead atoms. The number of methoxy groups -OCH3 is 2. The minimum Gasteiger partial charge on any atom is -0.493 e. The highest BCUT2D eigenvalue weighted by Crippen LogP contribution is 2.31. The van der Waals surface area contributed by atoms with Gasteiger partial charge in [-0.15, -0.1) is 0 Å². The fraction of sp³-hybridized carbons (Fsp3) is 0.316. The number of nitrogens with zero attached hydrogens (tertiary/aromatic N) is 3. The molecule has 0 spiro atoms. The zero-order valence-electron chi connectivity index (χ0n) is 15.0. The fourth-order valence-electron chi connectivity index (χ4n) is 3.20. The number of amides is 1. The van der Waals surface area contributed by atoms with Crippen LogP contribution < -0.4 is 9.47 Å². The highest BCUT2D eigenvalue weighted by Gasteiger charge is 2.34. The Morgan fingerprint density at radius 3 is 2.81 bits per heavy atom. The number of carbonyl (C=O) groups is 1. The molecule has 0 N–H and O–H groups in total. The predicted octanol–water partition coefficient (Wildman–Crippen LogP) is 2.86. The van der Waals surface area contributed by atoms with Crippen molar-refractivity contribution < 1.29 is 23.2 Å². The van der Waals surface area contributed by atoms with E-state index in [-0.39, 0.29) is 11.8 Å². The van der Waals surface area contributed by atoms with Gasteiger partial charge in [-0.25, -0.2) is 0 Å². The number of hydrogen-bond donors (Lipinski definition) is 0. The van der Waals surface area contributed by atoms with Crippen LogP contribution in [0.3, 0.4) is 0 Å². The number of aromatic nitrogens is 2. The van der Waals surface area contributed by atoms with E-state index in [9.17, 15) is 4.79 Å². The Bertz CT molecular complexity index is 935. The molecule has 2 aromatic heterocycles. The molecule has 1 fully saturated rings. The van der Waals surface area contributed by atoms with E-state index in [4.69, 9.17) is 18.4 Å². The van der Waals surface area contributed by atoms with Gasteiger partial charge in [0, 0.05) is 25.4 Å². The summed E-state index contributed by atoms with van der Waals surface area (Å²) in [6.07, 6.45) is 1.90. The Hall–Kier alpha value is -3.29. The number of rotatable bonds is 6. The first-order chi connectivity index (χ1) is 13.2. The Balaban J connectivity index is 1.46. The van der Waals surface area contributed by atoms with Crippen molar-refractivity contribution in [2.75, 3.05) is 20.8 Å². The Labute approximate surface area is 155 Å². The van der Waals surface area contributed by atoms with Crippen molar-refractivity contribution in [1.82, 2.24) is 15.0 Å². The largest absolute Gasteiger partial charge is 0.493 e. The number of likely N-dealkylation sites (tertiary alicyclic amines) is 1. The molecular weight excluding hydrogens is 350 g/mol. The van der Waals surface area contributed by atoms with E-state index in [0.717, 1.165) is 5.56 Å². The van der Waals surface area contributed by atoms with Gasteiger partial charge >= 0.3 is 0 Å². The molecule has 3 aromatic rings. The van der Waals surface area contributed by atoms with Crippen LogP contribution in [0.4, 0.5) is 0 Å². The van der Waals surface area contributed by atoms with Gasteiger partial charge in [0.25, 0.3) is 5.89 Å². The topological polar surface area (TPSA) is 90.8 Å². The third kappa shape index (κ3) is 3.38. The summed E-state index contributed by atoms with van der Waals surface area (Å²) >= 11 is 0. The smallest absolute Gasteiger partial charge is 0.293 e. The van der Waals surface area contributed by atoms with Crippen LogP contribution in [0.5, 0.6) is 11.5 Å². The van der Waals surface area contributed by atoms with Crippen molar-refractivity contribution in [2.24, 2.45) is 0 Å². The number of ether oxygens (including phenoxy) is 2. The molecule has 4 rings (SSSR count). The van der Waals surface area contributed by atoms with Gasteiger partial charge in [0.15, 0.2) is 23.1 Å². The third-order valence-electron chi connectivity index (χ3n) is 4.57. The van der Waals surface area contributed by atoms with Crippen LogP contribution in [-0.4, -0.2) is 41.7 Å². The van der Waals surface area contributed by atoms with Gasteiger partial charge in [-0.3, -0.25) is 4.79 Å². The van der Waals surface area contributed by atoms with Crippen molar-refractivity contribution >= 4 is 5.91 Å². The van der Waals surface area contributed by atoms with Crippen molar-refractivity contribution in [3.63, 3.8) is 0 Å². The molecule has 27 heavy (non-hydrogen) atoms. The van der Waals surface area contributed by atoms with Crippen LogP contribution >= 0.6 is 0 Å². The summed E-state index contributed by atoms with van der Waals surface area (Å²) in [6, 6.07) is 9.14. The standard InChI is InChI=1S/C19H19N3O5/c1-24-14-6-5-12(8-16(14)25-2)10-22-11-13(9-17(22)23)18-20-19(27-21-18)15-4-3-7-26-15/h3-8,13H,9-11H2,1-2H3. The van der Waals surface area contributed by atoms with Gasteiger partial charge in [-0.2, -0.15) is 4.98 Å². The maximum atomic E-state index is 12.4. The van der Waals surface area contributed by atoms with Crippen LogP contribution in [0, 0.1) is 0 Å². The van der Waals surface area contributed by atoms with Gasteiger partial charge < -0.3 is 23.3 Å². The van der Waals surface area contributed by atoms with Crippen LogP contribution in [0.15, 0.2) is 45.5 Å². The summed E-state index contributed by atoms with van der Waals surface area (Å²) in [5.41, 5.74) is 0.964. The van der Waals surface area contributed by atoms with Crippen LogP contribution in [-0.2, 0) is 11.3 Å². The van der Waals surface area contributed by atoms with Gasteiger partial charge in [0.05, 0.1) is 20.5 Å². The van der Waals surface area contributed by atoms with Crippen LogP contribution in [0.1, 0.15) is 23.7 Å². The molecule has 3 heterocycles. The lowest BCUT2D eigenvalue weighted by Gasteiger charge is -2.17. The molecule has 0 saturated carbocycles. The van der Waals surface area contributed by atoms with Crippen LogP contribution in [0.2, 0.25) is 0 Å². The molecule has 1 aliphatic rings. The molecule has 0 radical (unpaired) electrons. The van der Waals surface area contributed by atoms with Crippen molar-refractivity contribution in [3.05, 3.63) is 48.0 Å². The Morgan fingerprint density at radius 2 is 2.07 bits per heavy atom. The quantitative estimate of drug-likeness (QED) is 0.660. The maximum absolute atomic E-state index is 12.4. The van der Waals surface area contributed by atoms with Crippen molar-refractivity contribution in [3.8, 4) is 23.1 Å². The molecule has 0 aliphatic carbocycles. The van der Waals surface area contributed by atoms with E-state index >= 15 is 0 Å². The second kappa shape index (κ2) is 7.14. The average molecular weight is 369 g/mol. The molecule has 1 atom stereocenters. The molecule has 8 nitrogen and oxygen atoms in total. The molecule has 1 unspecified atom stereocenters. The zero-order chi connectivity index (χ0) is 18.8. The molecule has 1 saturated heterocycles. The summed E-state index contributed by atoms with van der Waals surface area (Å²) in [4.78, 5) is 18.6. The minimum absolute atomic E-state index is 0.0548. The molecule has 1 aliphatic heterocycles. The summed E-state index contributed by atoms with van der Waals surface area (Å²) < 4.78 is 21.1. The molecule has 8 heteroatoms. The fourth-order valence-corrected chi connectivity index (χ4v) is 3.20. The van der Waals surface area contributed by atoms with E-state index in [1.165, 1.54) is 0 Å². The number of furan rings is 1. The predicted molar refractivity (Wildman–Crippen MR) is 94.3 cm³/mol. The van der Waals surface area contributed by atoms with E-state index < -0.39 is 0 Å². The normalized spacial score (nSPS) is 16.7. The second-order valence-corrected chi connectivity index (χ2v) is 6.30. The summed E-state index contributed by atoms with van der Waals surface area (Å²) in [5, 5.41) is 4.02. The zero-order valence-corrected chi connectivity index (χ0v) is 15.0. The van der Waals surface area contributed by atoms with E-state index in [1.54, 1.807) is 37.5 Å². The number of carbonyl (C=O) groups excluding carboxylic acids is 1. The number of hydrogen-bond acceptors (Lipinski definition) is 7. The Morgan fingerprint density at radius 1 is 1.22 bits per heavy atom. The summed E-state index contributed by atoms with van der Waals surface area (Å²) in [6.45, 7) is 1.02. The van der Waals surface area contributed by atoms with E-state index in [2.05, 4.69) is 10.1 Å². The highest BCUT2D eigenvalue weighted by atomic mass is 16.5. The summed E-state index contributed by atoms with van der Waals surface area (Å²) in [5.74, 6) is 2.60. The number of benzene rings is 1. The van der Waals surface area contributed by atoms with Gasteiger partial charge in [0.1, 0.15) is 0 Å². The van der Waals surface area contributed by atoms with Gasteiger partial charge in [-0.05, 0) is 29.8 Å². The van der Waals surface area contributed by atoms with Gasteiger partial charge in [-0.1, -0.05) is 11.2 Å². The molecule has 140 valence electrons. The van der Waals surface area contributed by atoms with Crippen molar-refractivity contribution in [2.45, 2.75) is 18.9 Å². The highest BCUT2D eigenvalue weighted by molar-refractivity contribution is 5.79. The third-order valence-corrected chi connectivity index (χ3v) is 4.57. The summed E-state index contributed by atoms with van der Waals surface area (Å²) in [7, 11) is 3.18. The van der Waals surface area contributed by atoms with Gasteiger partial charge in [0.2, 0.25) is 5.91 Å². The van der Waals surface area contributed by atoms with Crippen molar-refractivity contribution in [1.29, 1.82) is 0 Å². The molecular formula is C19H19N3O5. The lowest BCUT2D eigenvalue weighted by Crippen LogP contribution is -2.24. The first kappa shape index (κ1) is 17.1. The van der Waals surface area contributed by atoms with E-state index in [0.29, 0.717) is 48.5 Å². The second-order valence-electron chi connectivity index (χ2n) is 6.30. The van der Waals surface area contributed by atoms with Crippen LogP contribution in [0.25, 0.3) is 11.7 Å². The lowest BCUT2D eigenvalue weighted by molar-refractivity contribution is -0.128. The lowest BCUT2D eigenvalue weighted by atomic mass is 10.1. The van der Waals surface area contributed by atoms with E-state index in [1.807, 2.05) is 18.2 Å². The average Bonchev–Trinajstić information content (AvgIpc) is 3.42. The monoisotopic (exact) mass is 369 g/mol. The minimum atomic E-state index is -0.106. The molecule has 1 aromatic carbocycles. The first-order valence-corrected chi connectivity index (χ1v) is 8.54. The molecule has 1 amide bonds. The first-order valence-electron chi connectivity index (χ1n) is 8.54. The Kier molecular flexibility index (Phi) is 4.53. The maximum Gasteiger partial charge on any atom is 0.293 e. The SMILES string of the molecule is COc1ccc(CN2CC(c3noc(-c4ccco4)n3)CC2=O)cc1OC.